The Morgan fingerprint density at radius 1 is 1.65 bits per heavy atom. The van der Waals surface area contributed by atoms with E-state index in [4.69, 9.17) is 11.6 Å². The molecule has 0 aliphatic carbocycles. The lowest BCUT2D eigenvalue weighted by Gasteiger charge is -2.19. The van der Waals surface area contributed by atoms with Crippen molar-refractivity contribution in [1.82, 2.24) is 14.8 Å². The molecule has 0 N–H and O–H groups in total. The van der Waals surface area contributed by atoms with Crippen LogP contribution < -0.4 is 0 Å². The third-order valence-electron chi connectivity index (χ3n) is 3.38. The molecule has 0 amide bonds. The molecule has 0 radical (unpaired) electrons. The lowest BCUT2D eigenvalue weighted by Crippen LogP contribution is -2.22. The maximum atomic E-state index is 11.5. The largest absolute Gasteiger partial charge is 0.253 e. The maximum absolute atomic E-state index is 11.5. The minimum Gasteiger partial charge on any atom is -0.253 e. The van der Waals surface area contributed by atoms with Gasteiger partial charge in [0.2, 0.25) is 0 Å². The topological polar surface area (TPSA) is 64.8 Å². The van der Waals surface area contributed by atoms with Gasteiger partial charge in [0.25, 0.3) is 0 Å². The van der Waals surface area contributed by atoms with Crippen molar-refractivity contribution in [3.8, 4) is 0 Å². The summed E-state index contributed by atoms with van der Waals surface area (Å²) in [6.07, 6.45) is 2.92. The monoisotopic (exact) mass is 277 g/mol. The highest BCUT2D eigenvalue weighted by atomic mass is 35.5. The number of aryl methyl sites for hydroxylation is 1. The smallest absolute Gasteiger partial charge is 0.150 e. The van der Waals surface area contributed by atoms with Gasteiger partial charge in [-0.15, -0.1) is 11.6 Å². The maximum Gasteiger partial charge on any atom is 0.150 e. The highest BCUT2D eigenvalue weighted by Gasteiger charge is 2.33. The van der Waals surface area contributed by atoms with Gasteiger partial charge in [-0.2, -0.15) is 5.10 Å². The Hall–Kier alpha value is -0.620. The first kappa shape index (κ1) is 12.8. The van der Waals surface area contributed by atoms with Crippen LogP contribution in [0.5, 0.6) is 0 Å². The van der Waals surface area contributed by atoms with Gasteiger partial charge in [0.1, 0.15) is 12.2 Å². The van der Waals surface area contributed by atoms with Crippen molar-refractivity contribution in [3.63, 3.8) is 0 Å². The molecule has 96 valence electrons. The van der Waals surface area contributed by atoms with Crippen molar-refractivity contribution in [2.45, 2.75) is 12.8 Å². The molecule has 0 saturated carbocycles. The second kappa shape index (κ2) is 4.94. The summed E-state index contributed by atoms with van der Waals surface area (Å²) in [6, 6.07) is 0. The first-order valence-corrected chi connectivity index (χ1v) is 7.96. The zero-order valence-corrected chi connectivity index (χ0v) is 11.3. The van der Waals surface area contributed by atoms with Gasteiger partial charge in [-0.3, -0.25) is 4.68 Å². The Kier molecular flexibility index (Phi) is 3.73. The fourth-order valence-corrected chi connectivity index (χ4v) is 4.56. The van der Waals surface area contributed by atoms with Gasteiger partial charge in [-0.1, -0.05) is 0 Å². The van der Waals surface area contributed by atoms with Crippen LogP contribution in [-0.4, -0.2) is 40.6 Å². The van der Waals surface area contributed by atoms with E-state index >= 15 is 0 Å². The highest BCUT2D eigenvalue weighted by molar-refractivity contribution is 7.91. The number of rotatable bonds is 4. The Morgan fingerprint density at radius 2 is 2.41 bits per heavy atom. The van der Waals surface area contributed by atoms with Crippen molar-refractivity contribution in [2.75, 3.05) is 17.4 Å². The second-order valence-electron chi connectivity index (χ2n) is 4.58. The standard InChI is InChI=1S/C10H16ClN3O2S/c1-14-10(12-7-13-14)4-9(5-11)8-2-3-17(15,16)6-8/h7-9H,2-6H2,1H3. The molecule has 2 heterocycles. The summed E-state index contributed by atoms with van der Waals surface area (Å²) >= 11 is 5.96. The van der Waals surface area contributed by atoms with Gasteiger partial charge in [0.05, 0.1) is 11.5 Å². The van der Waals surface area contributed by atoms with Gasteiger partial charge < -0.3 is 0 Å². The molecule has 0 bridgehead atoms. The zero-order valence-electron chi connectivity index (χ0n) is 9.71. The van der Waals surface area contributed by atoms with Gasteiger partial charge >= 0.3 is 0 Å². The quantitative estimate of drug-likeness (QED) is 0.758. The molecule has 0 aromatic carbocycles. The van der Waals surface area contributed by atoms with Gasteiger partial charge in [0.15, 0.2) is 9.84 Å². The Bertz CT molecular complexity index is 485. The third-order valence-corrected chi connectivity index (χ3v) is 5.57. The summed E-state index contributed by atoms with van der Waals surface area (Å²) in [6.45, 7) is 0. The van der Waals surface area contributed by atoms with E-state index in [9.17, 15) is 8.42 Å². The molecule has 7 heteroatoms. The molecule has 1 aromatic heterocycles. The summed E-state index contributed by atoms with van der Waals surface area (Å²) in [5.41, 5.74) is 0. The molecule has 0 spiro atoms. The minimum absolute atomic E-state index is 0.161. The normalized spacial score (nSPS) is 24.9. The van der Waals surface area contributed by atoms with Crippen LogP contribution in [0.25, 0.3) is 0 Å². The van der Waals surface area contributed by atoms with Crippen molar-refractivity contribution in [1.29, 1.82) is 0 Å². The molecule has 1 aliphatic rings. The highest BCUT2D eigenvalue weighted by Crippen LogP contribution is 2.28. The first-order chi connectivity index (χ1) is 8.02. The number of hydrogen-bond donors (Lipinski definition) is 0. The number of hydrogen-bond acceptors (Lipinski definition) is 4. The molecule has 1 aliphatic heterocycles. The molecule has 2 rings (SSSR count). The average molecular weight is 278 g/mol. The summed E-state index contributed by atoms with van der Waals surface area (Å²) in [5, 5.41) is 4.00. The van der Waals surface area contributed by atoms with E-state index in [0.717, 1.165) is 12.2 Å². The van der Waals surface area contributed by atoms with Crippen LogP contribution in [0.3, 0.4) is 0 Å². The van der Waals surface area contributed by atoms with E-state index in [1.807, 2.05) is 7.05 Å². The molecule has 5 nitrogen and oxygen atoms in total. The summed E-state index contributed by atoms with van der Waals surface area (Å²) in [4.78, 5) is 4.16. The van der Waals surface area contributed by atoms with E-state index in [0.29, 0.717) is 18.1 Å². The third kappa shape index (κ3) is 2.98. The molecular weight excluding hydrogens is 262 g/mol. The molecule has 1 aromatic rings. The number of halogens is 1. The van der Waals surface area contributed by atoms with E-state index < -0.39 is 9.84 Å². The van der Waals surface area contributed by atoms with Crippen LogP contribution in [-0.2, 0) is 23.3 Å². The molecular formula is C10H16ClN3O2S. The van der Waals surface area contributed by atoms with Crippen molar-refractivity contribution >= 4 is 21.4 Å². The van der Waals surface area contributed by atoms with Crippen LogP contribution >= 0.6 is 11.6 Å². The summed E-state index contributed by atoms with van der Waals surface area (Å²) in [5.74, 6) is 2.21. The van der Waals surface area contributed by atoms with Crippen LogP contribution in [0.1, 0.15) is 12.2 Å². The van der Waals surface area contributed by atoms with Crippen LogP contribution in [0, 0.1) is 11.8 Å². The lowest BCUT2D eigenvalue weighted by atomic mass is 9.90. The number of aromatic nitrogens is 3. The number of nitrogens with zero attached hydrogens (tertiary/aromatic N) is 3. The predicted octanol–water partition coefficient (Wildman–Crippen LogP) is 0.647. The predicted molar refractivity (Wildman–Crippen MR) is 65.7 cm³/mol. The average Bonchev–Trinajstić information content (AvgIpc) is 2.82. The van der Waals surface area contributed by atoms with E-state index in [2.05, 4.69) is 10.1 Å². The molecule has 1 fully saturated rings. The second-order valence-corrected chi connectivity index (χ2v) is 7.12. The van der Waals surface area contributed by atoms with E-state index in [-0.39, 0.29) is 17.6 Å². The van der Waals surface area contributed by atoms with Gasteiger partial charge in [-0.05, 0) is 18.3 Å². The Labute approximate surface area is 106 Å². The van der Waals surface area contributed by atoms with E-state index in [1.165, 1.54) is 6.33 Å². The molecule has 2 unspecified atom stereocenters. The molecule has 1 saturated heterocycles. The number of alkyl halides is 1. The summed E-state index contributed by atoms with van der Waals surface area (Å²) < 4.78 is 24.6. The van der Waals surface area contributed by atoms with Crippen molar-refractivity contribution < 1.29 is 8.42 Å². The molecule has 17 heavy (non-hydrogen) atoms. The van der Waals surface area contributed by atoms with Crippen molar-refractivity contribution in [3.05, 3.63) is 12.2 Å². The van der Waals surface area contributed by atoms with Gasteiger partial charge in [0, 0.05) is 19.3 Å². The van der Waals surface area contributed by atoms with Gasteiger partial charge in [-0.25, -0.2) is 13.4 Å². The van der Waals surface area contributed by atoms with Crippen LogP contribution in [0.4, 0.5) is 0 Å². The van der Waals surface area contributed by atoms with Crippen LogP contribution in [0.2, 0.25) is 0 Å². The molecule has 2 atom stereocenters. The lowest BCUT2D eigenvalue weighted by molar-refractivity contribution is 0.386. The Morgan fingerprint density at radius 3 is 2.88 bits per heavy atom. The summed E-state index contributed by atoms with van der Waals surface area (Å²) in [7, 11) is -1.01. The number of sulfone groups is 1. The minimum atomic E-state index is -2.84. The first-order valence-electron chi connectivity index (χ1n) is 5.61. The fourth-order valence-electron chi connectivity index (χ4n) is 2.28. The van der Waals surface area contributed by atoms with Crippen molar-refractivity contribution in [2.24, 2.45) is 18.9 Å². The SMILES string of the molecule is Cn1ncnc1CC(CCl)C1CCS(=O)(=O)C1. The Balaban J connectivity index is 2.05. The zero-order chi connectivity index (χ0) is 12.5. The fraction of sp³-hybridized carbons (Fsp3) is 0.800. The van der Waals surface area contributed by atoms with E-state index in [1.54, 1.807) is 4.68 Å². The van der Waals surface area contributed by atoms with Crippen LogP contribution in [0.15, 0.2) is 6.33 Å².